The first-order chi connectivity index (χ1) is 15.7. The molecule has 1 atom stereocenters. The second kappa shape index (κ2) is 9.41. The number of nitrogens with one attached hydrogen (secondary N) is 2. The van der Waals surface area contributed by atoms with Gasteiger partial charge in [-0.15, -0.1) is 0 Å². The van der Waals surface area contributed by atoms with E-state index in [-0.39, 0.29) is 41.2 Å². The third kappa shape index (κ3) is 5.72. The van der Waals surface area contributed by atoms with Gasteiger partial charge in [0.05, 0.1) is 29.2 Å². The Kier molecular flexibility index (Phi) is 6.76. The van der Waals surface area contributed by atoms with E-state index in [2.05, 4.69) is 10.0 Å². The van der Waals surface area contributed by atoms with E-state index in [4.69, 9.17) is 4.74 Å². The number of anilines is 1. The SMILES string of the molecule is COc1ccc(S(=O)(=O)NC2CC2)cc1NC(=O)C(c1ccccc1)N1CCS(=O)(=O)CC1. The molecule has 2 aromatic rings. The van der Waals surface area contributed by atoms with Gasteiger partial charge in [-0.25, -0.2) is 21.6 Å². The minimum absolute atomic E-state index is 0.0203. The summed E-state index contributed by atoms with van der Waals surface area (Å²) in [5.74, 6) is -0.119. The lowest BCUT2D eigenvalue weighted by Crippen LogP contribution is -2.46. The summed E-state index contributed by atoms with van der Waals surface area (Å²) in [4.78, 5) is 15.3. The number of sulfone groups is 1. The summed E-state index contributed by atoms with van der Waals surface area (Å²) >= 11 is 0. The van der Waals surface area contributed by atoms with Crippen molar-refractivity contribution in [2.75, 3.05) is 37.0 Å². The number of ether oxygens (including phenoxy) is 1. The van der Waals surface area contributed by atoms with Crippen LogP contribution in [-0.4, -0.2) is 65.4 Å². The highest BCUT2D eigenvalue weighted by Gasteiger charge is 2.33. The first kappa shape index (κ1) is 23.7. The van der Waals surface area contributed by atoms with E-state index in [1.807, 2.05) is 35.2 Å². The van der Waals surface area contributed by atoms with Gasteiger partial charge >= 0.3 is 0 Å². The van der Waals surface area contributed by atoms with Crippen LogP contribution in [0, 0.1) is 0 Å². The zero-order valence-corrected chi connectivity index (χ0v) is 19.9. The van der Waals surface area contributed by atoms with Gasteiger partial charge in [-0.2, -0.15) is 0 Å². The van der Waals surface area contributed by atoms with E-state index in [9.17, 15) is 21.6 Å². The molecule has 1 amide bonds. The monoisotopic (exact) mass is 493 g/mol. The highest BCUT2D eigenvalue weighted by molar-refractivity contribution is 7.91. The van der Waals surface area contributed by atoms with Crippen LogP contribution in [0.2, 0.25) is 0 Å². The molecule has 1 aliphatic carbocycles. The number of benzene rings is 2. The van der Waals surface area contributed by atoms with Crippen molar-refractivity contribution in [2.45, 2.75) is 29.8 Å². The van der Waals surface area contributed by atoms with Crippen LogP contribution < -0.4 is 14.8 Å². The van der Waals surface area contributed by atoms with Crippen LogP contribution in [0.1, 0.15) is 24.4 Å². The zero-order chi connectivity index (χ0) is 23.6. The van der Waals surface area contributed by atoms with E-state index < -0.39 is 31.8 Å². The van der Waals surface area contributed by atoms with E-state index in [1.165, 1.54) is 25.3 Å². The third-order valence-electron chi connectivity index (χ3n) is 5.75. The molecule has 9 nitrogen and oxygen atoms in total. The molecule has 1 saturated heterocycles. The number of amides is 1. The van der Waals surface area contributed by atoms with Gasteiger partial charge in [0, 0.05) is 19.1 Å². The van der Waals surface area contributed by atoms with Crippen LogP contribution >= 0.6 is 0 Å². The molecule has 0 radical (unpaired) electrons. The van der Waals surface area contributed by atoms with E-state index in [0.717, 1.165) is 12.8 Å². The molecule has 2 N–H and O–H groups in total. The molecule has 4 rings (SSSR count). The molecule has 0 spiro atoms. The summed E-state index contributed by atoms with van der Waals surface area (Å²) in [7, 11) is -5.40. The molecule has 0 bridgehead atoms. The average molecular weight is 494 g/mol. The largest absolute Gasteiger partial charge is 0.495 e. The smallest absolute Gasteiger partial charge is 0.246 e. The molecule has 0 aromatic heterocycles. The molecular weight excluding hydrogens is 466 g/mol. The lowest BCUT2D eigenvalue weighted by atomic mass is 10.0. The number of hydrogen-bond acceptors (Lipinski definition) is 7. The van der Waals surface area contributed by atoms with Crippen LogP contribution in [-0.2, 0) is 24.7 Å². The standard InChI is InChI=1S/C22H27N3O6S2/c1-31-20-10-9-18(33(29,30)24-17-7-8-17)15-19(20)23-22(26)21(16-5-3-2-4-6-16)25-11-13-32(27,28)14-12-25/h2-6,9-10,15,17,21,24H,7-8,11-14H2,1H3,(H,23,26). The van der Waals surface area contributed by atoms with Gasteiger partial charge in [-0.05, 0) is 36.6 Å². The third-order valence-corrected chi connectivity index (χ3v) is 8.87. The maximum absolute atomic E-state index is 13.5. The highest BCUT2D eigenvalue weighted by atomic mass is 32.2. The Morgan fingerprint density at radius 2 is 1.76 bits per heavy atom. The van der Waals surface area contributed by atoms with Crippen LogP contribution in [0.3, 0.4) is 0 Å². The van der Waals surface area contributed by atoms with Crippen molar-refractivity contribution in [3.63, 3.8) is 0 Å². The average Bonchev–Trinajstić information content (AvgIpc) is 3.59. The first-order valence-electron chi connectivity index (χ1n) is 10.7. The molecule has 2 aliphatic rings. The van der Waals surface area contributed by atoms with Gasteiger partial charge < -0.3 is 10.1 Å². The Morgan fingerprint density at radius 3 is 2.36 bits per heavy atom. The maximum Gasteiger partial charge on any atom is 0.246 e. The van der Waals surface area contributed by atoms with Crippen molar-refractivity contribution >= 4 is 31.5 Å². The second-order valence-electron chi connectivity index (χ2n) is 8.25. The quantitative estimate of drug-likeness (QED) is 0.572. The molecule has 11 heteroatoms. The van der Waals surface area contributed by atoms with Crippen LogP contribution in [0.15, 0.2) is 53.4 Å². The van der Waals surface area contributed by atoms with Gasteiger partial charge in [0.2, 0.25) is 15.9 Å². The van der Waals surface area contributed by atoms with Crippen molar-refractivity contribution in [3.8, 4) is 5.75 Å². The highest BCUT2D eigenvalue weighted by Crippen LogP contribution is 2.31. The predicted octanol–water partition coefficient (Wildman–Crippen LogP) is 1.55. The van der Waals surface area contributed by atoms with Crippen LogP contribution in [0.5, 0.6) is 5.75 Å². The van der Waals surface area contributed by atoms with Crippen molar-refractivity contribution in [3.05, 3.63) is 54.1 Å². The number of rotatable bonds is 8. The van der Waals surface area contributed by atoms with Gasteiger partial charge in [-0.3, -0.25) is 9.69 Å². The topological polar surface area (TPSA) is 122 Å². The molecule has 2 fully saturated rings. The van der Waals surface area contributed by atoms with Gasteiger partial charge in [-0.1, -0.05) is 30.3 Å². The minimum Gasteiger partial charge on any atom is -0.495 e. The van der Waals surface area contributed by atoms with Gasteiger partial charge in [0.15, 0.2) is 9.84 Å². The van der Waals surface area contributed by atoms with Crippen LogP contribution in [0.25, 0.3) is 0 Å². The molecule has 178 valence electrons. The van der Waals surface area contributed by atoms with Crippen molar-refractivity contribution in [1.82, 2.24) is 9.62 Å². The number of carbonyl (C=O) groups is 1. The Bertz CT molecular complexity index is 1210. The van der Waals surface area contributed by atoms with Crippen molar-refractivity contribution in [2.24, 2.45) is 0 Å². The lowest BCUT2D eigenvalue weighted by molar-refractivity contribution is -0.121. The lowest BCUT2D eigenvalue weighted by Gasteiger charge is -2.33. The summed E-state index contributed by atoms with van der Waals surface area (Å²) in [6, 6.07) is 12.6. The maximum atomic E-state index is 13.5. The summed E-state index contributed by atoms with van der Waals surface area (Å²) in [5.41, 5.74) is 0.944. The fraction of sp³-hybridized carbons (Fsp3) is 0.409. The van der Waals surface area contributed by atoms with E-state index in [0.29, 0.717) is 11.3 Å². The summed E-state index contributed by atoms with van der Waals surface area (Å²) < 4.78 is 57.1. The molecular formula is C22H27N3O6S2. The summed E-state index contributed by atoms with van der Waals surface area (Å²) in [6.45, 7) is 0.457. The number of hydrogen-bond donors (Lipinski definition) is 2. The molecule has 33 heavy (non-hydrogen) atoms. The summed E-state index contributed by atoms with van der Waals surface area (Å²) in [6.07, 6.45) is 1.62. The van der Waals surface area contributed by atoms with Crippen molar-refractivity contribution in [1.29, 1.82) is 0 Å². The molecule has 2 aromatic carbocycles. The second-order valence-corrected chi connectivity index (χ2v) is 12.3. The molecule has 1 saturated carbocycles. The number of carbonyl (C=O) groups excluding carboxylic acids is 1. The van der Waals surface area contributed by atoms with Gasteiger partial charge in [0.1, 0.15) is 11.8 Å². The Morgan fingerprint density at radius 1 is 1.09 bits per heavy atom. The minimum atomic E-state index is -3.72. The normalized spacial score (nSPS) is 19.5. The molecule has 1 unspecified atom stereocenters. The number of methoxy groups -OCH3 is 1. The van der Waals surface area contributed by atoms with Crippen molar-refractivity contribution < 1.29 is 26.4 Å². The fourth-order valence-electron chi connectivity index (χ4n) is 3.79. The number of sulfonamides is 1. The van der Waals surface area contributed by atoms with Crippen LogP contribution in [0.4, 0.5) is 5.69 Å². The zero-order valence-electron chi connectivity index (χ0n) is 18.2. The Balaban J connectivity index is 1.62. The Hall–Kier alpha value is -2.47. The number of nitrogens with zero attached hydrogens (tertiary/aromatic N) is 1. The molecule has 1 aliphatic heterocycles. The van der Waals surface area contributed by atoms with E-state index in [1.54, 1.807) is 0 Å². The molecule has 1 heterocycles. The summed E-state index contributed by atoms with van der Waals surface area (Å²) in [5, 5.41) is 2.81. The van der Waals surface area contributed by atoms with E-state index >= 15 is 0 Å². The predicted molar refractivity (Wildman–Crippen MR) is 124 cm³/mol. The first-order valence-corrected chi connectivity index (χ1v) is 14.0. The van der Waals surface area contributed by atoms with Gasteiger partial charge in [0.25, 0.3) is 0 Å². The Labute approximate surface area is 194 Å². The fourth-order valence-corrected chi connectivity index (χ4v) is 6.35.